The van der Waals surface area contributed by atoms with E-state index in [-0.39, 0.29) is 5.41 Å². The monoisotopic (exact) mass is 589 g/mol. The summed E-state index contributed by atoms with van der Waals surface area (Å²) in [6.07, 6.45) is 0. The Morgan fingerprint density at radius 2 is 0.761 bits per heavy atom. The largest absolute Gasteiger partial charge is 0.208 e. The van der Waals surface area contributed by atoms with Gasteiger partial charge in [-0.15, -0.1) is 0 Å². The van der Waals surface area contributed by atoms with Crippen LogP contribution in [0.3, 0.4) is 0 Å². The summed E-state index contributed by atoms with van der Waals surface area (Å²) in [7, 11) is 0. The zero-order chi connectivity index (χ0) is 30.9. The number of fused-ring (bicyclic) bond motifs is 9. The number of rotatable bonds is 3. The lowest BCUT2D eigenvalue weighted by molar-refractivity contribution is 0.563. The summed E-state index contributed by atoms with van der Waals surface area (Å²) in [5, 5.41) is 0. The Morgan fingerprint density at radius 1 is 0.348 bits per heavy atom. The van der Waals surface area contributed by atoms with Gasteiger partial charge in [-0.2, -0.15) is 0 Å². The number of benzene rings is 6. The average Bonchev–Trinajstić information content (AvgIpc) is 3.42. The van der Waals surface area contributed by atoms with Crippen molar-refractivity contribution in [1.29, 1.82) is 0 Å². The van der Waals surface area contributed by atoms with Gasteiger partial charge in [0.05, 0.1) is 5.41 Å². The molecule has 6 aromatic carbocycles. The Morgan fingerprint density at radius 3 is 1.30 bits per heavy atom. The molecule has 1 spiro atoms. The fourth-order valence-corrected chi connectivity index (χ4v) is 7.94. The standard InChI is InChI=1S/C43H31N3/c1-42(2)35-21-11-13-23-37(35)43(38-24-14-12-22-36(38)42)33-20-10-9-19-31(33)32-27-30(25-26-34(32)43)41-45-39(28-15-5-3-6-16-28)44-40(46-41)29-17-7-4-8-18-29/h3-27H,1-2H3. The zero-order valence-electron chi connectivity index (χ0n) is 25.8. The summed E-state index contributed by atoms with van der Waals surface area (Å²) in [5.74, 6) is 2.00. The highest BCUT2D eigenvalue weighted by atomic mass is 15.0. The molecule has 0 aliphatic heterocycles. The first kappa shape index (κ1) is 26.7. The van der Waals surface area contributed by atoms with Crippen molar-refractivity contribution >= 4 is 0 Å². The average molecular weight is 590 g/mol. The minimum atomic E-state index is -0.420. The summed E-state index contributed by atoms with van der Waals surface area (Å²) in [6, 6.07) is 54.2. The molecular weight excluding hydrogens is 558 g/mol. The first-order chi connectivity index (χ1) is 22.6. The Bertz CT molecular complexity index is 2180. The molecule has 0 amide bonds. The molecule has 9 rings (SSSR count). The molecule has 3 nitrogen and oxygen atoms in total. The van der Waals surface area contributed by atoms with E-state index < -0.39 is 5.41 Å². The van der Waals surface area contributed by atoms with Crippen LogP contribution in [0.4, 0.5) is 0 Å². The molecule has 0 saturated carbocycles. The number of aromatic nitrogens is 3. The van der Waals surface area contributed by atoms with E-state index in [4.69, 9.17) is 15.0 Å². The molecule has 1 aromatic heterocycles. The summed E-state index contributed by atoms with van der Waals surface area (Å²) < 4.78 is 0. The molecule has 1 heterocycles. The molecular formula is C43H31N3. The summed E-state index contributed by atoms with van der Waals surface area (Å²) in [4.78, 5) is 15.0. The van der Waals surface area contributed by atoms with Crippen molar-refractivity contribution in [1.82, 2.24) is 15.0 Å². The van der Waals surface area contributed by atoms with Crippen molar-refractivity contribution in [2.75, 3.05) is 0 Å². The molecule has 0 radical (unpaired) electrons. The molecule has 0 bridgehead atoms. The normalized spacial score (nSPS) is 14.7. The van der Waals surface area contributed by atoms with Crippen molar-refractivity contribution in [3.63, 3.8) is 0 Å². The maximum Gasteiger partial charge on any atom is 0.164 e. The summed E-state index contributed by atoms with van der Waals surface area (Å²) in [6.45, 7) is 4.72. The lowest BCUT2D eigenvalue weighted by Crippen LogP contribution is -2.40. The van der Waals surface area contributed by atoms with Crippen LogP contribution in [0.15, 0.2) is 152 Å². The van der Waals surface area contributed by atoms with E-state index in [1.165, 1.54) is 44.5 Å². The fourth-order valence-electron chi connectivity index (χ4n) is 7.94. The van der Waals surface area contributed by atoms with E-state index in [9.17, 15) is 0 Å². The molecule has 2 aliphatic rings. The molecule has 46 heavy (non-hydrogen) atoms. The van der Waals surface area contributed by atoms with Gasteiger partial charge in [0.1, 0.15) is 0 Å². The number of hydrogen-bond donors (Lipinski definition) is 0. The van der Waals surface area contributed by atoms with Crippen molar-refractivity contribution < 1.29 is 0 Å². The highest BCUT2D eigenvalue weighted by Gasteiger charge is 2.53. The molecule has 0 fully saturated rings. The minimum absolute atomic E-state index is 0.122. The van der Waals surface area contributed by atoms with E-state index in [1.807, 2.05) is 36.4 Å². The van der Waals surface area contributed by atoms with Crippen molar-refractivity contribution in [3.8, 4) is 45.3 Å². The van der Waals surface area contributed by atoms with Crippen LogP contribution in [-0.2, 0) is 10.8 Å². The van der Waals surface area contributed by atoms with Gasteiger partial charge in [-0.05, 0) is 50.6 Å². The molecule has 7 aromatic rings. The predicted octanol–water partition coefficient (Wildman–Crippen LogP) is 9.87. The van der Waals surface area contributed by atoms with E-state index in [1.54, 1.807) is 0 Å². The first-order valence-corrected chi connectivity index (χ1v) is 15.9. The summed E-state index contributed by atoms with van der Waals surface area (Å²) in [5.41, 5.74) is 12.9. The lowest BCUT2D eigenvalue weighted by Gasteiger charge is -2.46. The van der Waals surface area contributed by atoms with Gasteiger partial charge in [-0.1, -0.05) is 159 Å². The van der Waals surface area contributed by atoms with Crippen LogP contribution in [0, 0.1) is 0 Å². The molecule has 0 saturated heterocycles. The number of hydrogen-bond acceptors (Lipinski definition) is 3. The van der Waals surface area contributed by atoms with Crippen LogP contribution in [0.2, 0.25) is 0 Å². The van der Waals surface area contributed by atoms with Crippen LogP contribution < -0.4 is 0 Å². The third-order valence-electron chi connectivity index (χ3n) is 10.0. The molecule has 3 heteroatoms. The van der Waals surface area contributed by atoms with Gasteiger partial charge in [0.2, 0.25) is 0 Å². The highest BCUT2D eigenvalue weighted by Crippen LogP contribution is 2.62. The van der Waals surface area contributed by atoms with Gasteiger partial charge in [0, 0.05) is 22.1 Å². The molecule has 2 aliphatic carbocycles. The third kappa shape index (κ3) is 3.69. The predicted molar refractivity (Wildman–Crippen MR) is 186 cm³/mol. The Kier molecular flexibility index (Phi) is 5.76. The van der Waals surface area contributed by atoms with Gasteiger partial charge in [0.15, 0.2) is 17.5 Å². The Labute approximate surface area is 269 Å². The van der Waals surface area contributed by atoms with E-state index in [2.05, 4.69) is 129 Å². The highest BCUT2D eigenvalue weighted by molar-refractivity contribution is 5.90. The second-order valence-corrected chi connectivity index (χ2v) is 12.8. The summed E-state index contributed by atoms with van der Waals surface area (Å²) >= 11 is 0. The smallest absolute Gasteiger partial charge is 0.164 e. The maximum atomic E-state index is 5.05. The van der Waals surface area contributed by atoms with Gasteiger partial charge in [-0.3, -0.25) is 0 Å². The van der Waals surface area contributed by atoms with Crippen LogP contribution in [0.25, 0.3) is 45.3 Å². The molecule has 0 atom stereocenters. The first-order valence-electron chi connectivity index (χ1n) is 15.9. The van der Waals surface area contributed by atoms with Crippen LogP contribution in [0.1, 0.15) is 47.2 Å². The van der Waals surface area contributed by atoms with E-state index in [0.29, 0.717) is 17.5 Å². The van der Waals surface area contributed by atoms with Crippen LogP contribution in [0.5, 0.6) is 0 Å². The zero-order valence-corrected chi connectivity index (χ0v) is 25.8. The van der Waals surface area contributed by atoms with Gasteiger partial charge >= 0.3 is 0 Å². The van der Waals surface area contributed by atoms with Gasteiger partial charge in [0.25, 0.3) is 0 Å². The van der Waals surface area contributed by atoms with Crippen LogP contribution in [-0.4, -0.2) is 15.0 Å². The SMILES string of the molecule is CC1(C)c2ccccc2C2(c3ccccc3-c3cc(-c4nc(-c5ccccc5)nc(-c5ccccc5)n4)ccc32)c2ccccc21. The molecule has 0 unspecified atom stereocenters. The quantitative estimate of drug-likeness (QED) is 0.206. The lowest BCUT2D eigenvalue weighted by atomic mass is 9.55. The van der Waals surface area contributed by atoms with Gasteiger partial charge < -0.3 is 0 Å². The van der Waals surface area contributed by atoms with Crippen LogP contribution >= 0.6 is 0 Å². The third-order valence-corrected chi connectivity index (χ3v) is 10.0. The maximum absolute atomic E-state index is 5.05. The molecule has 218 valence electrons. The van der Waals surface area contributed by atoms with Gasteiger partial charge in [-0.25, -0.2) is 15.0 Å². The minimum Gasteiger partial charge on any atom is -0.208 e. The Balaban J connectivity index is 1.31. The molecule has 0 N–H and O–H groups in total. The van der Waals surface area contributed by atoms with Crippen molar-refractivity contribution in [3.05, 3.63) is 185 Å². The van der Waals surface area contributed by atoms with Crippen molar-refractivity contribution in [2.24, 2.45) is 0 Å². The number of nitrogens with zero attached hydrogens (tertiary/aromatic N) is 3. The second-order valence-electron chi connectivity index (χ2n) is 12.8. The Hall–Kier alpha value is -5.67. The van der Waals surface area contributed by atoms with Crippen molar-refractivity contribution in [2.45, 2.75) is 24.7 Å². The second kappa shape index (κ2) is 9.92. The fraction of sp³-hybridized carbons (Fsp3) is 0.0930. The van der Waals surface area contributed by atoms with E-state index in [0.717, 1.165) is 16.7 Å². The van der Waals surface area contributed by atoms with E-state index >= 15 is 0 Å². The topological polar surface area (TPSA) is 38.7 Å².